The Balaban J connectivity index is 0.00000132. The molecule has 4 rings (SSSR count). The Morgan fingerprint density at radius 1 is 1.13 bits per heavy atom. The number of halogens is 1. The van der Waals surface area contributed by atoms with Gasteiger partial charge in [-0.2, -0.15) is 5.10 Å². The third-order valence-corrected chi connectivity index (χ3v) is 5.21. The van der Waals surface area contributed by atoms with Gasteiger partial charge in [-0.25, -0.2) is 4.39 Å². The zero-order chi connectivity index (χ0) is 22.4. The molecule has 0 bridgehead atoms. The van der Waals surface area contributed by atoms with Crippen molar-refractivity contribution in [2.75, 3.05) is 13.2 Å². The maximum atomic E-state index is 13.2. The van der Waals surface area contributed by atoms with E-state index in [1.807, 2.05) is 58.2 Å². The monoisotopic (exact) mass is 423 g/mol. The standard InChI is InChI=1S/C23H24FN3O2.C2H6/c1-16-4-5-17(2)20(14-16)23(28)27-11-3-13-29-22(27)15-26-12-10-21(25-26)18-6-8-19(24)9-7-18;1-2/h4-10,12,14,22H,3,11,13,15H2,1-2H3;1-2H3. The first kappa shape index (κ1) is 22.7. The third kappa shape index (κ3) is 5.39. The number of ether oxygens (including phenoxy) is 1. The summed E-state index contributed by atoms with van der Waals surface area (Å²) in [6.45, 7) is 9.66. The number of aryl methyl sites for hydroxylation is 2. The quantitative estimate of drug-likeness (QED) is 0.578. The highest BCUT2D eigenvalue weighted by atomic mass is 19.1. The Labute approximate surface area is 183 Å². The number of hydrogen-bond donors (Lipinski definition) is 0. The summed E-state index contributed by atoms with van der Waals surface area (Å²) in [5, 5.41) is 4.58. The molecule has 1 unspecified atom stereocenters. The van der Waals surface area contributed by atoms with Gasteiger partial charge in [0.25, 0.3) is 5.91 Å². The molecule has 1 atom stereocenters. The maximum Gasteiger partial charge on any atom is 0.256 e. The Morgan fingerprint density at radius 2 is 1.87 bits per heavy atom. The van der Waals surface area contributed by atoms with Crippen LogP contribution in [0, 0.1) is 19.7 Å². The Kier molecular flexibility index (Phi) is 7.58. The second kappa shape index (κ2) is 10.4. The molecule has 2 heterocycles. The van der Waals surface area contributed by atoms with Gasteiger partial charge in [0.15, 0.2) is 6.23 Å². The summed E-state index contributed by atoms with van der Waals surface area (Å²) in [6.07, 6.45) is 2.29. The van der Waals surface area contributed by atoms with Crippen LogP contribution in [0.5, 0.6) is 0 Å². The molecule has 31 heavy (non-hydrogen) atoms. The minimum atomic E-state index is -0.378. The van der Waals surface area contributed by atoms with Gasteiger partial charge in [0.1, 0.15) is 5.82 Å². The van der Waals surface area contributed by atoms with Crippen molar-refractivity contribution < 1.29 is 13.9 Å². The average molecular weight is 424 g/mol. The topological polar surface area (TPSA) is 47.4 Å². The molecule has 3 aromatic rings. The molecule has 1 amide bonds. The summed E-state index contributed by atoms with van der Waals surface area (Å²) in [6, 6.07) is 14.1. The highest BCUT2D eigenvalue weighted by Crippen LogP contribution is 2.21. The number of carbonyl (C=O) groups is 1. The molecule has 0 saturated carbocycles. The number of carbonyl (C=O) groups excluding carboxylic acids is 1. The van der Waals surface area contributed by atoms with Crippen molar-refractivity contribution in [3.8, 4) is 11.3 Å². The van der Waals surface area contributed by atoms with Crippen LogP contribution in [0.1, 0.15) is 41.8 Å². The molecular weight excluding hydrogens is 393 g/mol. The van der Waals surface area contributed by atoms with Gasteiger partial charge in [-0.3, -0.25) is 9.48 Å². The van der Waals surface area contributed by atoms with E-state index in [1.165, 1.54) is 12.1 Å². The zero-order valence-electron chi connectivity index (χ0n) is 18.6. The van der Waals surface area contributed by atoms with Crippen LogP contribution in [-0.2, 0) is 11.3 Å². The summed E-state index contributed by atoms with van der Waals surface area (Å²) >= 11 is 0. The fraction of sp³-hybridized carbons (Fsp3) is 0.360. The van der Waals surface area contributed by atoms with E-state index in [0.717, 1.165) is 28.8 Å². The van der Waals surface area contributed by atoms with Gasteiger partial charge >= 0.3 is 0 Å². The van der Waals surface area contributed by atoms with Crippen molar-refractivity contribution in [3.63, 3.8) is 0 Å². The van der Waals surface area contributed by atoms with Crippen LogP contribution in [0.2, 0.25) is 0 Å². The normalized spacial score (nSPS) is 15.9. The van der Waals surface area contributed by atoms with Gasteiger partial charge in [-0.15, -0.1) is 0 Å². The lowest BCUT2D eigenvalue weighted by Gasteiger charge is -2.36. The molecule has 0 N–H and O–H groups in total. The van der Waals surface area contributed by atoms with Gasteiger partial charge in [0.05, 0.1) is 18.8 Å². The van der Waals surface area contributed by atoms with Crippen LogP contribution < -0.4 is 0 Å². The number of benzene rings is 2. The van der Waals surface area contributed by atoms with Crippen LogP contribution >= 0.6 is 0 Å². The van der Waals surface area contributed by atoms with Gasteiger partial charge in [-0.1, -0.05) is 31.5 Å². The van der Waals surface area contributed by atoms with E-state index in [1.54, 1.807) is 21.7 Å². The smallest absolute Gasteiger partial charge is 0.256 e. The summed E-state index contributed by atoms with van der Waals surface area (Å²) < 4.78 is 20.9. The zero-order valence-corrected chi connectivity index (χ0v) is 18.6. The SMILES string of the molecule is CC.Cc1ccc(C)c(C(=O)N2CCCOC2Cn2ccc(-c3ccc(F)cc3)n2)c1. The number of rotatable bonds is 4. The van der Waals surface area contributed by atoms with Crippen LogP contribution in [0.3, 0.4) is 0 Å². The second-order valence-electron chi connectivity index (χ2n) is 7.43. The average Bonchev–Trinajstić information content (AvgIpc) is 3.26. The predicted molar refractivity (Wildman–Crippen MR) is 120 cm³/mol. The molecule has 0 radical (unpaired) electrons. The molecular formula is C25H30FN3O2. The third-order valence-electron chi connectivity index (χ3n) is 5.21. The van der Waals surface area contributed by atoms with Crippen molar-refractivity contribution in [1.29, 1.82) is 0 Å². The summed E-state index contributed by atoms with van der Waals surface area (Å²) in [5.74, 6) is -0.286. The van der Waals surface area contributed by atoms with Crippen molar-refractivity contribution >= 4 is 5.91 Å². The number of amides is 1. The van der Waals surface area contributed by atoms with E-state index in [9.17, 15) is 9.18 Å². The lowest BCUT2D eigenvalue weighted by molar-refractivity contribution is -0.0861. The van der Waals surface area contributed by atoms with Gasteiger partial charge < -0.3 is 9.64 Å². The van der Waals surface area contributed by atoms with Crippen LogP contribution in [-0.4, -0.2) is 40.0 Å². The molecule has 1 aromatic heterocycles. The van der Waals surface area contributed by atoms with Crippen molar-refractivity contribution in [3.05, 3.63) is 77.2 Å². The number of hydrogen-bond acceptors (Lipinski definition) is 3. The highest BCUT2D eigenvalue weighted by molar-refractivity contribution is 5.96. The molecule has 1 aliphatic heterocycles. The van der Waals surface area contributed by atoms with E-state index in [0.29, 0.717) is 25.3 Å². The van der Waals surface area contributed by atoms with Gasteiger partial charge in [-0.05, 0) is 62.2 Å². The predicted octanol–water partition coefficient (Wildman–Crippen LogP) is 5.22. The molecule has 2 aromatic carbocycles. The minimum absolute atomic E-state index is 0.0122. The van der Waals surface area contributed by atoms with Crippen LogP contribution in [0.4, 0.5) is 4.39 Å². The Bertz CT molecular complexity index is 1010. The molecule has 164 valence electrons. The first-order chi connectivity index (χ1) is 15.0. The fourth-order valence-corrected chi connectivity index (χ4v) is 3.59. The van der Waals surface area contributed by atoms with Crippen molar-refractivity contribution in [2.45, 2.75) is 46.9 Å². The molecule has 1 aliphatic rings. The Hall–Kier alpha value is -2.99. The van der Waals surface area contributed by atoms with Gasteiger partial charge in [0, 0.05) is 23.9 Å². The summed E-state index contributed by atoms with van der Waals surface area (Å²) in [5.41, 5.74) is 4.34. The fourth-order valence-electron chi connectivity index (χ4n) is 3.59. The van der Waals surface area contributed by atoms with Crippen LogP contribution in [0.25, 0.3) is 11.3 Å². The minimum Gasteiger partial charge on any atom is -0.356 e. The largest absolute Gasteiger partial charge is 0.356 e. The van der Waals surface area contributed by atoms with Crippen molar-refractivity contribution in [1.82, 2.24) is 14.7 Å². The van der Waals surface area contributed by atoms with Gasteiger partial charge in [0.2, 0.25) is 0 Å². The number of aromatic nitrogens is 2. The molecule has 1 fully saturated rings. The summed E-state index contributed by atoms with van der Waals surface area (Å²) in [7, 11) is 0. The second-order valence-corrected chi connectivity index (χ2v) is 7.43. The molecule has 0 aliphatic carbocycles. The lowest BCUT2D eigenvalue weighted by atomic mass is 10.0. The maximum absolute atomic E-state index is 13.2. The molecule has 5 nitrogen and oxygen atoms in total. The van der Waals surface area contributed by atoms with Crippen LogP contribution in [0.15, 0.2) is 54.7 Å². The van der Waals surface area contributed by atoms with E-state index < -0.39 is 0 Å². The van der Waals surface area contributed by atoms with E-state index in [4.69, 9.17) is 4.74 Å². The van der Waals surface area contributed by atoms with E-state index in [-0.39, 0.29) is 18.0 Å². The molecule has 0 spiro atoms. The molecule has 1 saturated heterocycles. The van der Waals surface area contributed by atoms with Crippen molar-refractivity contribution in [2.24, 2.45) is 0 Å². The lowest BCUT2D eigenvalue weighted by Crippen LogP contribution is -2.48. The van der Waals surface area contributed by atoms with E-state index >= 15 is 0 Å². The highest BCUT2D eigenvalue weighted by Gasteiger charge is 2.29. The Morgan fingerprint density at radius 3 is 2.61 bits per heavy atom. The first-order valence-corrected chi connectivity index (χ1v) is 10.8. The summed E-state index contributed by atoms with van der Waals surface area (Å²) in [4.78, 5) is 15.0. The molecule has 6 heteroatoms. The number of nitrogens with zero attached hydrogens (tertiary/aromatic N) is 3. The first-order valence-electron chi connectivity index (χ1n) is 10.8. The van der Waals surface area contributed by atoms with E-state index in [2.05, 4.69) is 5.10 Å².